The van der Waals surface area contributed by atoms with Crippen LogP contribution in [0.5, 0.6) is 0 Å². The molecule has 0 fully saturated rings. The van der Waals surface area contributed by atoms with Gasteiger partial charge in [0.2, 0.25) is 11.8 Å². The Labute approximate surface area is 153 Å². The van der Waals surface area contributed by atoms with Crippen molar-refractivity contribution in [1.29, 1.82) is 0 Å². The summed E-state index contributed by atoms with van der Waals surface area (Å²) in [5, 5.41) is 8.74. The van der Waals surface area contributed by atoms with Crippen molar-refractivity contribution >= 4 is 17.5 Å². The number of benzene rings is 2. The predicted octanol–water partition coefficient (Wildman–Crippen LogP) is 3.03. The van der Waals surface area contributed by atoms with Crippen molar-refractivity contribution < 1.29 is 9.59 Å². The number of hydrogen-bond donors (Lipinski definition) is 1. The second-order valence-electron chi connectivity index (χ2n) is 6.44. The van der Waals surface area contributed by atoms with Crippen molar-refractivity contribution in [1.82, 2.24) is 10.3 Å². The molecule has 0 spiro atoms. The van der Waals surface area contributed by atoms with Crippen LogP contribution in [0.1, 0.15) is 36.0 Å². The number of nitrogens with zero attached hydrogens (tertiary/aromatic N) is 2. The van der Waals surface area contributed by atoms with E-state index in [1.807, 2.05) is 61.5 Å². The third-order valence-corrected chi connectivity index (χ3v) is 4.37. The van der Waals surface area contributed by atoms with Crippen molar-refractivity contribution in [2.24, 2.45) is 5.10 Å². The molecule has 0 atom stereocenters. The van der Waals surface area contributed by atoms with E-state index in [0.29, 0.717) is 13.1 Å². The first kappa shape index (κ1) is 17.9. The van der Waals surface area contributed by atoms with Gasteiger partial charge in [-0.25, -0.2) is 5.01 Å². The van der Waals surface area contributed by atoms with Gasteiger partial charge in [0.15, 0.2) is 0 Å². The molecule has 134 valence electrons. The summed E-state index contributed by atoms with van der Waals surface area (Å²) in [6.45, 7) is 3.08. The van der Waals surface area contributed by atoms with Crippen LogP contribution in [0.3, 0.4) is 0 Å². The first-order valence-electron chi connectivity index (χ1n) is 8.87. The van der Waals surface area contributed by atoms with Crippen molar-refractivity contribution in [2.45, 2.75) is 32.7 Å². The largest absolute Gasteiger partial charge is 0.352 e. The average Bonchev–Trinajstić information content (AvgIpc) is 3.17. The van der Waals surface area contributed by atoms with Gasteiger partial charge in [-0.05, 0) is 18.1 Å². The molecule has 2 aromatic carbocycles. The minimum atomic E-state index is -0.120. The molecule has 1 aliphatic heterocycles. The highest BCUT2D eigenvalue weighted by Gasteiger charge is 2.21. The Balaban J connectivity index is 1.44. The summed E-state index contributed by atoms with van der Waals surface area (Å²) in [7, 11) is 0. The monoisotopic (exact) mass is 349 g/mol. The standard InChI is InChI=1S/C21H23N3O2/c1-16-7-9-17(10-8-16)15-22-20(25)11-12-21(26)24-14-13-19(23-24)18-5-3-2-4-6-18/h2-10H,11-15H2,1H3,(H,22,25). The molecule has 0 saturated carbocycles. The zero-order valence-corrected chi connectivity index (χ0v) is 14.9. The fourth-order valence-electron chi connectivity index (χ4n) is 2.82. The van der Waals surface area contributed by atoms with Gasteiger partial charge in [-0.1, -0.05) is 60.2 Å². The summed E-state index contributed by atoms with van der Waals surface area (Å²) in [6.07, 6.45) is 1.10. The zero-order valence-electron chi connectivity index (χ0n) is 14.9. The van der Waals surface area contributed by atoms with Crippen LogP contribution >= 0.6 is 0 Å². The van der Waals surface area contributed by atoms with Crippen LogP contribution in [-0.2, 0) is 16.1 Å². The molecule has 0 radical (unpaired) electrons. The second kappa shape index (κ2) is 8.43. The molecular formula is C21H23N3O2. The Bertz CT molecular complexity index is 798. The van der Waals surface area contributed by atoms with Gasteiger partial charge in [-0.2, -0.15) is 5.10 Å². The Morgan fingerprint density at radius 1 is 1.04 bits per heavy atom. The first-order chi connectivity index (χ1) is 12.6. The quantitative estimate of drug-likeness (QED) is 0.871. The predicted molar refractivity (Wildman–Crippen MR) is 102 cm³/mol. The fraction of sp³-hybridized carbons (Fsp3) is 0.286. The molecule has 0 saturated heterocycles. The summed E-state index contributed by atoms with van der Waals surface area (Å²) in [5.41, 5.74) is 4.19. The summed E-state index contributed by atoms with van der Waals surface area (Å²) in [6, 6.07) is 17.9. The van der Waals surface area contributed by atoms with E-state index < -0.39 is 0 Å². The van der Waals surface area contributed by atoms with E-state index in [1.165, 1.54) is 10.6 Å². The molecule has 0 aromatic heterocycles. The average molecular weight is 349 g/mol. The van der Waals surface area contributed by atoms with E-state index >= 15 is 0 Å². The van der Waals surface area contributed by atoms with Gasteiger partial charge in [0.1, 0.15) is 0 Å². The maximum absolute atomic E-state index is 12.3. The number of hydrazone groups is 1. The van der Waals surface area contributed by atoms with E-state index in [9.17, 15) is 9.59 Å². The highest BCUT2D eigenvalue weighted by molar-refractivity contribution is 6.02. The van der Waals surface area contributed by atoms with Crippen molar-refractivity contribution in [3.63, 3.8) is 0 Å². The number of amides is 2. The number of nitrogens with one attached hydrogen (secondary N) is 1. The lowest BCUT2D eigenvalue weighted by molar-refractivity contribution is -0.133. The molecule has 0 aliphatic carbocycles. The maximum Gasteiger partial charge on any atom is 0.243 e. The highest BCUT2D eigenvalue weighted by Crippen LogP contribution is 2.15. The van der Waals surface area contributed by atoms with Gasteiger partial charge < -0.3 is 5.32 Å². The van der Waals surface area contributed by atoms with Crippen LogP contribution in [0, 0.1) is 6.92 Å². The summed E-state index contributed by atoms with van der Waals surface area (Å²) in [5.74, 6) is -0.230. The van der Waals surface area contributed by atoms with Crippen LogP contribution in [0.25, 0.3) is 0 Å². The minimum Gasteiger partial charge on any atom is -0.352 e. The Hall–Kier alpha value is -2.95. The third-order valence-electron chi connectivity index (χ3n) is 4.37. The van der Waals surface area contributed by atoms with Crippen LogP contribution in [0.15, 0.2) is 59.7 Å². The lowest BCUT2D eigenvalue weighted by Gasteiger charge is -2.11. The van der Waals surface area contributed by atoms with Gasteiger partial charge in [0.05, 0.1) is 12.3 Å². The minimum absolute atomic E-state index is 0.110. The number of aryl methyl sites for hydroxylation is 1. The SMILES string of the molecule is Cc1ccc(CNC(=O)CCC(=O)N2CCC(c3ccccc3)=N2)cc1. The molecule has 5 heteroatoms. The molecular weight excluding hydrogens is 326 g/mol. The van der Waals surface area contributed by atoms with Crippen LogP contribution in [-0.4, -0.2) is 29.1 Å². The number of hydrogen-bond acceptors (Lipinski definition) is 3. The summed E-state index contributed by atoms with van der Waals surface area (Å²) in [4.78, 5) is 24.2. The maximum atomic E-state index is 12.3. The van der Waals surface area contributed by atoms with Crippen LogP contribution < -0.4 is 5.32 Å². The Kier molecular flexibility index (Phi) is 5.79. The van der Waals surface area contributed by atoms with Gasteiger partial charge in [0, 0.05) is 25.8 Å². The summed E-state index contributed by atoms with van der Waals surface area (Å²) < 4.78 is 0. The molecule has 5 nitrogen and oxygen atoms in total. The molecule has 2 aromatic rings. The normalized spacial score (nSPS) is 13.4. The molecule has 2 amide bonds. The lowest BCUT2D eigenvalue weighted by Crippen LogP contribution is -2.27. The van der Waals surface area contributed by atoms with E-state index in [2.05, 4.69) is 10.4 Å². The smallest absolute Gasteiger partial charge is 0.243 e. The number of carbonyl (C=O) groups is 2. The topological polar surface area (TPSA) is 61.8 Å². The fourth-order valence-corrected chi connectivity index (χ4v) is 2.82. The number of carbonyl (C=O) groups excluding carboxylic acids is 2. The Morgan fingerprint density at radius 3 is 2.50 bits per heavy atom. The van der Waals surface area contributed by atoms with E-state index in [0.717, 1.165) is 23.3 Å². The Morgan fingerprint density at radius 2 is 1.77 bits per heavy atom. The molecule has 0 bridgehead atoms. The molecule has 1 heterocycles. The van der Waals surface area contributed by atoms with Gasteiger partial charge in [-0.3, -0.25) is 9.59 Å². The van der Waals surface area contributed by atoms with E-state index in [-0.39, 0.29) is 24.7 Å². The molecule has 1 aliphatic rings. The van der Waals surface area contributed by atoms with Crippen molar-refractivity contribution in [2.75, 3.05) is 6.54 Å². The van der Waals surface area contributed by atoms with Crippen molar-refractivity contribution in [3.8, 4) is 0 Å². The van der Waals surface area contributed by atoms with Crippen LogP contribution in [0.4, 0.5) is 0 Å². The van der Waals surface area contributed by atoms with Crippen LogP contribution in [0.2, 0.25) is 0 Å². The first-order valence-corrected chi connectivity index (χ1v) is 8.87. The third kappa shape index (κ3) is 4.79. The highest BCUT2D eigenvalue weighted by atomic mass is 16.2. The second-order valence-corrected chi connectivity index (χ2v) is 6.44. The van der Waals surface area contributed by atoms with E-state index in [1.54, 1.807) is 0 Å². The molecule has 0 unspecified atom stereocenters. The molecule has 26 heavy (non-hydrogen) atoms. The van der Waals surface area contributed by atoms with Gasteiger partial charge >= 0.3 is 0 Å². The zero-order chi connectivity index (χ0) is 18.4. The van der Waals surface area contributed by atoms with Gasteiger partial charge in [0.25, 0.3) is 0 Å². The summed E-state index contributed by atoms with van der Waals surface area (Å²) >= 11 is 0. The number of rotatable bonds is 6. The van der Waals surface area contributed by atoms with Crippen molar-refractivity contribution in [3.05, 3.63) is 71.3 Å². The van der Waals surface area contributed by atoms with Gasteiger partial charge in [-0.15, -0.1) is 0 Å². The molecule has 3 rings (SSSR count). The van der Waals surface area contributed by atoms with E-state index in [4.69, 9.17) is 0 Å². The molecule has 1 N–H and O–H groups in total. The lowest BCUT2D eigenvalue weighted by atomic mass is 10.1.